The summed E-state index contributed by atoms with van der Waals surface area (Å²) in [6, 6.07) is 7.55. The summed E-state index contributed by atoms with van der Waals surface area (Å²) in [4.78, 5) is 15.2. The standard InChI is InChI=1S/C13H13ClN2O2/c1-16-8-15-11(12(16)13(17)18)7-6-9-4-2-3-5-10(9)14/h2-5,8H,6-7H2,1H3,(H,17,18). The van der Waals surface area contributed by atoms with Crippen molar-refractivity contribution < 1.29 is 9.90 Å². The second kappa shape index (κ2) is 5.23. The molecule has 0 fully saturated rings. The summed E-state index contributed by atoms with van der Waals surface area (Å²) in [5, 5.41) is 9.80. The number of halogens is 1. The fraction of sp³-hybridized carbons (Fsp3) is 0.231. The molecule has 0 saturated heterocycles. The zero-order valence-corrected chi connectivity index (χ0v) is 10.7. The van der Waals surface area contributed by atoms with Crippen LogP contribution in [0.5, 0.6) is 0 Å². The van der Waals surface area contributed by atoms with E-state index in [1.165, 1.54) is 10.9 Å². The van der Waals surface area contributed by atoms with Crippen molar-refractivity contribution >= 4 is 17.6 Å². The third-order valence-electron chi connectivity index (χ3n) is 2.80. The Labute approximate surface area is 110 Å². The maximum Gasteiger partial charge on any atom is 0.354 e. The van der Waals surface area contributed by atoms with E-state index >= 15 is 0 Å². The van der Waals surface area contributed by atoms with Crippen molar-refractivity contribution in [3.05, 3.63) is 52.6 Å². The quantitative estimate of drug-likeness (QED) is 0.923. The van der Waals surface area contributed by atoms with E-state index in [-0.39, 0.29) is 5.69 Å². The normalized spacial score (nSPS) is 10.6. The number of carboxylic acids is 1. The minimum atomic E-state index is -0.954. The number of benzene rings is 1. The number of imidazole rings is 1. The van der Waals surface area contributed by atoms with Gasteiger partial charge in [-0.3, -0.25) is 0 Å². The zero-order valence-electron chi connectivity index (χ0n) is 9.93. The van der Waals surface area contributed by atoms with Gasteiger partial charge in [-0.15, -0.1) is 0 Å². The van der Waals surface area contributed by atoms with E-state index in [1.54, 1.807) is 7.05 Å². The highest BCUT2D eigenvalue weighted by molar-refractivity contribution is 6.31. The summed E-state index contributed by atoms with van der Waals surface area (Å²) < 4.78 is 1.52. The second-order valence-corrected chi connectivity index (χ2v) is 4.45. The van der Waals surface area contributed by atoms with Crippen LogP contribution in [0.2, 0.25) is 5.02 Å². The van der Waals surface area contributed by atoms with Crippen LogP contribution in [-0.2, 0) is 19.9 Å². The molecule has 0 atom stereocenters. The van der Waals surface area contributed by atoms with Crippen molar-refractivity contribution in [1.82, 2.24) is 9.55 Å². The fourth-order valence-corrected chi connectivity index (χ4v) is 2.12. The Hall–Kier alpha value is -1.81. The molecule has 4 nitrogen and oxygen atoms in total. The van der Waals surface area contributed by atoms with Crippen molar-refractivity contribution in [3.63, 3.8) is 0 Å². The van der Waals surface area contributed by atoms with Gasteiger partial charge in [0.1, 0.15) is 5.69 Å². The molecule has 2 aromatic rings. The first kappa shape index (κ1) is 12.6. The minimum Gasteiger partial charge on any atom is -0.477 e. The Bertz CT molecular complexity index is 578. The third-order valence-corrected chi connectivity index (χ3v) is 3.17. The van der Waals surface area contributed by atoms with Gasteiger partial charge in [-0.25, -0.2) is 9.78 Å². The Morgan fingerprint density at radius 1 is 1.39 bits per heavy atom. The maximum atomic E-state index is 11.1. The lowest BCUT2D eigenvalue weighted by Gasteiger charge is -2.04. The van der Waals surface area contributed by atoms with Crippen LogP contribution in [0.15, 0.2) is 30.6 Å². The third kappa shape index (κ3) is 2.54. The van der Waals surface area contributed by atoms with Crippen LogP contribution >= 0.6 is 11.6 Å². The molecule has 2 rings (SSSR count). The number of carboxylic acid groups (broad SMARTS) is 1. The first-order valence-electron chi connectivity index (χ1n) is 5.56. The molecule has 0 amide bonds. The predicted octanol–water partition coefficient (Wildman–Crippen LogP) is 2.56. The lowest BCUT2D eigenvalue weighted by molar-refractivity contribution is 0.0685. The Morgan fingerprint density at radius 3 is 2.78 bits per heavy atom. The van der Waals surface area contributed by atoms with Gasteiger partial charge in [0.15, 0.2) is 0 Å². The topological polar surface area (TPSA) is 55.1 Å². The van der Waals surface area contributed by atoms with Crippen LogP contribution in [0.25, 0.3) is 0 Å². The summed E-state index contributed by atoms with van der Waals surface area (Å²) in [6.45, 7) is 0. The number of aromatic nitrogens is 2. The van der Waals surface area contributed by atoms with Crippen LogP contribution in [0.3, 0.4) is 0 Å². The first-order chi connectivity index (χ1) is 8.59. The van der Waals surface area contributed by atoms with E-state index < -0.39 is 5.97 Å². The molecule has 5 heteroatoms. The first-order valence-corrected chi connectivity index (χ1v) is 5.94. The second-order valence-electron chi connectivity index (χ2n) is 4.05. The molecule has 0 aliphatic heterocycles. The van der Waals surface area contributed by atoms with E-state index in [2.05, 4.69) is 4.98 Å². The molecule has 1 heterocycles. The molecular weight excluding hydrogens is 252 g/mol. The molecule has 0 aliphatic carbocycles. The van der Waals surface area contributed by atoms with Gasteiger partial charge in [0, 0.05) is 12.1 Å². The molecule has 94 valence electrons. The number of nitrogens with zero attached hydrogens (tertiary/aromatic N) is 2. The molecule has 1 aromatic carbocycles. The van der Waals surface area contributed by atoms with Gasteiger partial charge in [0.2, 0.25) is 0 Å². The highest BCUT2D eigenvalue weighted by Gasteiger charge is 2.15. The van der Waals surface area contributed by atoms with Gasteiger partial charge in [0.25, 0.3) is 0 Å². The van der Waals surface area contributed by atoms with E-state index in [0.29, 0.717) is 23.6 Å². The SMILES string of the molecule is Cn1cnc(CCc2ccccc2Cl)c1C(=O)O. The number of aromatic carboxylic acids is 1. The van der Waals surface area contributed by atoms with Crippen LogP contribution in [-0.4, -0.2) is 20.6 Å². The van der Waals surface area contributed by atoms with Crippen molar-refractivity contribution in [3.8, 4) is 0 Å². The monoisotopic (exact) mass is 264 g/mol. The highest BCUT2D eigenvalue weighted by atomic mass is 35.5. The summed E-state index contributed by atoms with van der Waals surface area (Å²) >= 11 is 6.06. The minimum absolute atomic E-state index is 0.238. The number of carbonyl (C=O) groups is 1. The van der Waals surface area contributed by atoms with Crippen LogP contribution in [0.4, 0.5) is 0 Å². The Balaban J connectivity index is 2.16. The lowest BCUT2D eigenvalue weighted by atomic mass is 10.1. The number of hydrogen-bond acceptors (Lipinski definition) is 2. The van der Waals surface area contributed by atoms with Crippen molar-refractivity contribution in [2.24, 2.45) is 7.05 Å². The Kier molecular flexibility index (Phi) is 3.67. The molecule has 1 N–H and O–H groups in total. The van der Waals surface area contributed by atoms with Crippen LogP contribution in [0.1, 0.15) is 21.7 Å². The summed E-state index contributed by atoms with van der Waals surface area (Å²) in [6.07, 6.45) is 2.76. The van der Waals surface area contributed by atoms with Crippen LogP contribution < -0.4 is 0 Å². The molecule has 18 heavy (non-hydrogen) atoms. The smallest absolute Gasteiger partial charge is 0.354 e. The fourth-order valence-electron chi connectivity index (χ4n) is 1.89. The van der Waals surface area contributed by atoms with Crippen LogP contribution in [0, 0.1) is 0 Å². The lowest BCUT2D eigenvalue weighted by Crippen LogP contribution is -2.08. The van der Waals surface area contributed by atoms with Crippen molar-refractivity contribution in [1.29, 1.82) is 0 Å². The molecule has 0 radical (unpaired) electrons. The van der Waals surface area contributed by atoms with E-state index in [0.717, 1.165) is 5.56 Å². The molecule has 0 spiro atoms. The van der Waals surface area contributed by atoms with E-state index in [9.17, 15) is 4.79 Å². The molecule has 0 unspecified atom stereocenters. The molecule has 0 bridgehead atoms. The van der Waals surface area contributed by atoms with E-state index in [4.69, 9.17) is 16.7 Å². The molecule has 1 aromatic heterocycles. The average Bonchev–Trinajstić information content (AvgIpc) is 2.69. The summed E-state index contributed by atoms with van der Waals surface area (Å²) in [5.74, 6) is -0.954. The van der Waals surface area contributed by atoms with E-state index in [1.807, 2.05) is 24.3 Å². The van der Waals surface area contributed by atoms with Gasteiger partial charge >= 0.3 is 5.97 Å². The number of aryl methyl sites for hydroxylation is 3. The van der Waals surface area contributed by atoms with Crippen molar-refractivity contribution in [2.75, 3.05) is 0 Å². The predicted molar refractivity (Wildman–Crippen MR) is 69.0 cm³/mol. The largest absolute Gasteiger partial charge is 0.477 e. The number of rotatable bonds is 4. The van der Waals surface area contributed by atoms with Gasteiger partial charge < -0.3 is 9.67 Å². The molecular formula is C13H13ClN2O2. The summed E-state index contributed by atoms with van der Waals surface area (Å²) in [7, 11) is 1.68. The average molecular weight is 265 g/mol. The summed E-state index contributed by atoms with van der Waals surface area (Å²) in [5.41, 5.74) is 1.83. The molecule has 0 saturated carbocycles. The Morgan fingerprint density at radius 2 is 2.11 bits per heavy atom. The van der Waals surface area contributed by atoms with Gasteiger partial charge in [0.05, 0.1) is 12.0 Å². The zero-order chi connectivity index (χ0) is 13.1. The van der Waals surface area contributed by atoms with Gasteiger partial charge in [-0.05, 0) is 24.5 Å². The highest BCUT2D eigenvalue weighted by Crippen LogP contribution is 2.18. The van der Waals surface area contributed by atoms with Gasteiger partial charge in [-0.1, -0.05) is 29.8 Å². The van der Waals surface area contributed by atoms with Crippen molar-refractivity contribution in [2.45, 2.75) is 12.8 Å². The maximum absolute atomic E-state index is 11.1. The van der Waals surface area contributed by atoms with Gasteiger partial charge in [-0.2, -0.15) is 0 Å². The number of hydrogen-bond donors (Lipinski definition) is 1. The molecule has 0 aliphatic rings.